The molecule has 0 aliphatic rings. The van der Waals surface area contributed by atoms with Gasteiger partial charge in [-0.05, 0) is 32.9 Å². The molecule has 0 unspecified atom stereocenters. The van der Waals surface area contributed by atoms with E-state index in [1.807, 2.05) is 0 Å². The van der Waals surface area contributed by atoms with Gasteiger partial charge in [0.2, 0.25) is 0 Å². The molecule has 0 saturated carbocycles. The van der Waals surface area contributed by atoms with E-state index in [1.165, 1.54) is 13.3 Å². The second kappa shape index (κ2) is 6.17. The zero-order valence-electron chi connectivity index (χ0n) is 11.5. The van der Waals surface area contributed by atoms with Crippen LogP contribution in [0.1, 0.15) is 20.8 Å². The van der Waals surface area contributed by atoms with Gasteiger partial charge in [0.1, 0.15) is 18.0 Å². The smallest absolute Gasteiger partial charge is 0.416 e. The van der Waals surface area contributed by atoms with E-state index >= 15 is 0 Å². The fourth-order valence-electron chi connectivity index (χ4n) is 1.26. The molecule has 0 atom stereocenters. The number of hydrogen-bond donors (Lipinski definition) is 0. The predicted molar refractivity (Wildman–Crippen MR) is 69.8 cm³/mol. The van der Waals surface area contributed by atoms with Crippen LogP contribution in [0, 0.1) is 0 Å². The molecule has 0 saturated heterocycles. The Morgan fingerprint density at radius 1 is 1.32 bits per heavy atom. The molecule has 1 amide bonds. The van der Waals surface area contributed by atoms with E-state index in [0.29, 0.717) is 5.82 Å². The SMILES string of the molecule is COC(=O)CN(C(=O)OC(C)(C)C)c1ccccn1. The number of carbonyl (C=O) groups excluding carboxylic acids is 2. The Morgan fingerprint density at radius 3 is 2.47 bits per heavy atom. The number of rotatable bonds is 3. The fourth-order valence-corrected chi connectivity index (χ4v) is 1.26. The number of pyridine rings is 1. The fraction of sp³-hybridized carbons (Fsp3) is 0.462. The van der Waals surface area contributed by atoms with Gasteiger partial charge in [0.15, 0.2) is 0 Å². The van der Waals surface area contributed by atoms with Gasteiger partial charge in [-0.1, -0.05) is 6.07 Å². The Bertz CT molecular complexity index is 440. The maximum Gasteiger partial charge on any atom is 0.416 e. The molecular formula is C13H18N2O4. The summed E-state index contributed by atoms with van der Waals surface area (Å²) < 4.78 is 9.81. The Kier molecular flexibility index (Phi) is 4.86. The summed E-state index contributed by atoms with van der Waals surface area (Å²) in [5, 5.41) is 0. The third-order valence-corrected chi connectivity index (χ3v) is 2.05. The number of carbonyl (C=O) groups is 2. The largest absolute Gasteiger partial charge is 0.468 e. The van der Waals surface area contributed by atoms with Crippen LogP contribution in [0.4, 0.5) is 10.6 Å². The van der Waals surface area contributed by atoms with E-state index in [1.54, 1.807) is 39.0 Å². The highest BCUT2D eigenvalue weighted by Gasteiger charge is 2.26. The van der Waals surface area contributed by atoms with Gasteiger partial charge in [-0.25, -0.2) is 9.78 Å². The molecule has 104 valence electrons. The predicted octanol–water partition coefficient (Wildman–Crippen LogP) is 2.00. The number of aromatic nitrogens is 1. The maximum atomic E-state index is 12.1. The van der Waals surface area contributed by atoms with E-state index in [9.17, 15) is 9.59 Å². The van der Waals surface area contributed by atoms with Gasteiger partial charge in [-0.3, -0.25) is 9.69 Å². The van der Waals surface area contributed by atoms with Crippen LogP contribution < -0.4 is 4.90 Å². The summed E-state index contributed by atoms with van der Waals surface area (Å²) in [6.45, 7) is 5.00. The molecule has 0 bridgehead atoms. The van der Waals surface area contributed by atoms with Crippen molar-refractivity contribution in [2.75, 3.05) is 18.6 Å². The molecule has 0 aliphatic carbocycles. The summed E-state index contributed by atoms with van der Waals surface area (Å²) in [5.74, 6) is -0.210. The number of ether oxygens (including phenoxy) is 2. The van der Waals surface area contributed by atoms with Crippen LogP contribution in [-0.4, -0.2) is 36.3 Å². The first-order valence-electron chi connectivity index (χ1n) is 5.82. The van der Waals surface area contributed by atoms with Crippen molar-refractivity contribution in [2.45, 2.75) is 26.4 Å². The lowest BCUT2D eigenvalue weighted by Gasteiger charge is -2.25. The highest BCUT2D eigenvalue weighted by atomic mass is 16.6. The number of amides is 1. The van der Waals surface area contributed by atoms with E-state index < -0.39 is 17.7 Å². The van der Waals surface area contributed by atoms with Crippen molar-refractivity contribution in [2.24, 2.45) is 0 Å². The number of esters is 1. The van der Waals surface area contributed by atoms with Crippen LogP contribution in [0.15, 0.2) is 24.4 Å². The Morgan fingerprint density at radius 2 is 2.00 bits per heavy atom. The average molecular weight is 266 g/mol. The zero-order valence-corrected chi connectivity index (χ0v) is 11.5. The molecule has 0 spiro atoms. The van der Waals surface area contributed by atoms with E-state index in [2.05, 4.69) is 9.72 Å². The van der Waals surface area contributed by atoms with Crippen LogP contribution in [-0.2, 0) is 14.3 Å². The summed E-state index contributed by atoms with van der Waals surface area (Å²) in [4.78, 5) is 28.6. The van der Waals surface area contributed by atoms with Gasteiger partial charge in [0.05, 0.1) is 7.11 Å². The third kappa shape index (κ3) is 4.95. The van der Waals surface area contributed by atoms with Crippen molar-refractivity contribution >= 4 is 17.9 Å². The topological polar surface area (TPSA) is 68.7 Å². The Balaban J connectivity index is 2.93. The second-order valence-electron chi connectivity index (χ2n) is 4.83. The quantitative estimate of drug-likeness (QED) is 0.783. The Labute approximate surface area is 112 Å². The van der Waals surface area contributed by atoms with Crippen molar-refractivity contribution in [3.8, 4) is 0 Å². The summed E-state index contributed by atoms with van der Waals surface area (Å²) in [5.41, 5.74) is -0.653. The zero-order chi connectivity index (χ0) is 14.5. The molecule has 1 heterocycles. The lowest BCUT2D eigenvalue weighted by atomic mass is 10.2. The van der Waals surface area contributed by atoms with E-state index in [0.717, 1.165) is 4.90 Å². The van der Waals surface area contributed by atoms with Gasteiger partial charge in [-0.2, -0.15) is 0 Å². The second-order valence-corrected chi connectivity index (χ2v) is 4.83. The highest BCUT2D eigenvalue weighted by Crippen LogP contribution is 2.15. The maximum absolute atomic E-state index is 12.1. The number of anilines is 1. The minimum absolute atomic E-state index is 0.248. The Hall–Kier alpha value is -2.11. The standard InChI is InChI=1S/C13H18N2O4/c1-13(2,3)19-12(17)15(9-11(16)18-4)10-7-5-6-8-14-10/h5-8H,9H2,1-4H3. The van der Waals surface area contributed by atoms with Gasteiger partial charge < -0.3 is 9.47 Å². The first kappa shape index (κ1) is 14.9. The van der Waals surface area contributed by atoms with Gasteiger partial charge in [0.25, 0.3) is 0 Å². The molecule has 6 nitrogen and oxygen atoms in total. The molecule has 0 N–H and O–H groups in total. The number of methoxy groups -OCH3 is 1. The first-order valence-corrected chi connectivity index (χ1v) is 5.82. The molecule has 19 heavy (non-hydrogen) atoms. The third-order valence-electron chi connectivity index (χ3n) is 2.05. The molecule has 0 aromatic carbocycles. The van der Waals surface area contributed by atoms with Crippen molar-refractivity contribution in [3.63, 3.8) is 0 Å². The lowest BCUT2D eigenvalue weighted by Crippen LogP contribution is -2.40. The monoisotopic (exact) mass is 266 g/mol. The molecule has 0 radical (unpaired) electrons. The molecule has 6 heteroatoms. The van der Waals surface area contributed by atoms with Crippen LogP contribution in [0.3, 0.4) is 0 Å². The number of hydrogen-bond acceptors (Lipinski definition) is 5. The molecule has 0 fully saturated rings. The summed E-state index contributed by atoms with van der Waals surface area (Å²) in [6.07, 6.45) is 0.890. The van der Waals surface area contributed by atoms with Gasteiger partial charge in [0, 0.05) is 6.20 Å². The van der Waals surface area contributed by atoms with Crippen LogP contribution in [0.2, 0.25) is 0 Å². The summed E-state index contributed by atoms with van der Waals surface area (Å²) in [7, 11) is 1.26. The minimum atomic E-state index is -0.653. The minimum Gasteiger partial charge on any atom is -0.468 e. The van der Waals surface area contributed by atoms with Crippen molar-refractivity contribution in [1.29, 1.82) is 0 Å². The lowest BCUT2D eigenvalue weighted by molar-refractivity contribution is -0.139. The molecular weight excluding hydrogens is 248 g/mol. The normalized spacial score (nSPS) is 10.7. The summed E-state index contributed by atoms with van der Waals surface area (Å²) >= 11 is 0. The summed E-state index contributed by atoms with van der Waals surface area (Å²) in [6, 6.07) is 5.05. The highest BCUT2D eigenvalue weighted by molar-refractivity contribution is 5.92. The van der Waals surface area contributed by atoms with Crippen LogP contribution in [0.25, 0.3) is 0 Å². The molecule has 1 aromatic rings. The van der Waals surface area contributed by atoms with Gasteiger partial charge >= 0.3 is 12.1 Å². The van der Waals surface area contributed by atoms with Crippen molar-refractivity contribution in [1.82, 2.24) is 4.98 Å². The number of nitrogens with zero attached hydrogens (tertiary/aromatic N) is 2. The average Bonchev–Trinajstić information content (AvgIpc) is 2.34. The van der Waals surface area contributed by atoms with Crippen molar-refractivity contribution < 1.29 is 19.1 Å². The van der Waals surface area contributed by atoms with E-state index in [-0.39, 0.29) is 6.54 Å². The van der Waals surface area contributed by atoms with E-state index in [4.69, 9.17) is 4.74 Å². The molecule has 0 aliphatic heterocycles. The molecule has 1 rings (SSSR count). The van der Waals surface area contributed by atoms with Crippen LogP contribution in [0.5, 0.6) is 0 Å². The van der Waals surface area contributed by atoms with Crippen LogP contribution >= 0.6 is 0 Å². The van der Waals surface area contributed by atoms with Crippen molar-refractivity contribution in [3.05, 3.63) is 24.4 Å². The van der Waals surface area contributed by atoms with Gasteiger partial charge in [-0.15, -0.1) is 0 Å². The first-order chi connectivity index (χ1) is 8.83. The molecule has 1 aromatic heterocycles.